The number of likely N-dealkylation sites (N-methyl/N-ethyl adjacent to an activating group) is 1. The van der Waals surface area contributed by atoms with Gasteiger partial charge in [0.2, 0.25) is 5.91 Å². The highest BCUT2D eigenvalue weighted by Gasteiger charge is 2.27. The molecule has 1 N–H and O–H groups in total. The standard InChI is InChI=1S/C68H129N2O7P/c1-7-10-13-16-19-22-25-28-29-30-31-32-33-34-35-36-37-38-39-40-41-43-46-49-52-55-58-61-68(72)77-66(59-56-53-50-47-44-27-24-21-18-15-12-9-3)65(64-76-78(73,74)75-63-62-70(4,5)6)69-67(71)60-57-54-51-48-45-42-26-23-20-17-14-11-8-2/h19,22,28-29,31-32,56,59,65-66H,7-18,20-21,23-27,30,33-55,57-58,60-64H2,1-6H3,(H-,69,71,73,74)/b22-19-,29-28-,32-31-,59-56-. The predicted octanol–water partition coefficient (Wildman–Crippen LogP) is 20.2. The van der Waals surface area contributed by atoms with E-state index in [1.165, 1.54) is 218 Å². The molecule has 0 saturated carbocycles. The molecule has 0 radical (unpaired) electrons. The minimum absolute atomic E-state index is 0.0202. The van der Waals surface area contributed by atoms with Crippen molar-refractivity contribution < 1.29 is 37.3 Å². The largest absolute Gasteiger partial charge is 0.756 e. The van der Waals surface area contributed by atoms with Crippen LogP contribution >= 0.6 is 7.82 Å². The smallest absolute Gasteiger partial charge is 0.306 e. The average Bonchev–Trinajstić information content (AvgIpc) is 3.40. The van der Waals surface area contributed by atoms with Gasteiger partial charge in [0.1, 0.15) is 19.3 Å². The number of unbranched alkanes of at least 4 members (excludes halogenated alkanes) is 39. The second-order valence-corrected chi connectivity index (χ2v) is 25.4. The first kappa shape index (κ1) is 76.0. The first-order valence-electron chi connectivity index (χ1n) is 33.4. The van der Waals surface area contributed by atoms with Crippen LogP contribution in [0.3, 0.4) is 0 Å². The fraction of sp³-hybridized carbons (Fsp3) is 0.853. The van der Waals surface area contributed by atoms with Crippen LogP contribution in [0.25, 0.3) is 0 Å². The molecule has 0 spiro atoms. The van der Waals surface area contributed by atoms with Gasteiger partial charge in [-0.2, -0.15) is 0 Å². The van der Waals surface area contributed by atoms with Crippen molar-refractivity contribution in [2.24, 2.45) is 0 Å². The van der Waals surface area contributed by atoms with Crippen LogP contribution in [0.4, 0.5) is 0 Å². The molecule has 0 saturated heterocycles. The van der Waals surface area contributed by atoms with E-state index in [-0.39, 0.29) is 31.5 Å². The van der Waals surface area contributed by atoms with Gasteiger partial charge in [-0.25, -0.2) is 0 Å². The van der Waals surface area contributed by atoms with Crippen molar-refractivity contribution in [3.05, 3.63) is 48.6 Å². The molecule has 0 aliphatic carbocycles. The molecule has 0 fully saturated rings. The number of carbonyl (C=O) groups is 2. The third-order valence-corrected chi connectivity index (χ3v) is 16.0. The molecule has 0 bridgehead atoms. The predicted molar refractivity (Wildman–Crippen MR) is 335 cm³/mol. The number of hydrogen-bond acceptors (Lipinski definition) is 7. The number of allylic oxidation sites excluding steroid dienone is 7. The molecule has 9 nitrogen and oxygen atoms in total. The molecule has 1 amide bonds. The summed E-state index contributed by atoms with van der Waals surface area (Å²) in [5.74, 6) is -0.528. The summed E-state index contributed by atoms with van der Waals surface area (Å²) in [6.07, 6.45) is 72.3. The lowest BCUT2D eigenvalue weighted by Crippen LogP contribution is -2.47. The van der Waals surface area contributed by atoms with Crippen molar-refractivity contribution in [1.29, 1.82) is 0 Å². The highest BCUT2D eigenvalue weighted by molar-refractivity contribution is 7.45. The Morgan fingerprint density at radius 2 is 0.782 bits per heavy atom. The van der Waals surface area contributed by atoms with Gasteiger partial charge >= 0.3 is 5.97 Å². The van der Waals surface area contributed by atoms with Crippen LogP contribution in [-0.2, 0) is 27.9 Å². The second kappa shape index (κ2) is 58.2. The zero-order chi connectivity index (χ0) is 57.2. The molecule has 0 aromatic carbocycles. The van der Waals surface area contributed by atoms with Gasteiger partial charge in [-0.05, 0) is 70.3 Å². The number of phosphoric ester groups is 1. The topological polar surface area (TPSA) is 114 Å². The van der Waals surface area contributed by atoms with Gasteiger partial charge in [-0.15, -0.1) is 0 Å². The number of amides is 1. The Bertz CT molecular complexity index is 1470. The van der Waals surface area contributed by atoms with E-state index < -0.39 is 20.0 Å². The fourth-order valence-electron chi connectivity index (χ4n) is 9.83. The summed E-state index contributed by atoms with van der Waals surface area (Å²) in [7, 11) is 1.20. The van der Waals surface area contributed by atoms with Crippen LogP contribution in [0.5, 0.6) is 0 Å². The third-order valence-electron chi connectivity index (χ3n) is 15.0. The molecule has 3 atom stereocenters. The Balaban J connectivity index is 5.00. The molecule has 0 rings (SSSR count). The molecule has 0 aliphatic rings. The maximum atomic E-state index is 13.5. The van der Waals surface area contributed by atoms with Gasteiger partial charge in [-0.1, -0.05) is 288 Å². The van der Waals surface area contributed by atoms with Crippen molar-refractivity contribution in [3.63, 3.8) is 0 Å². The van der Waals surface area contributed by atoms with Gasteiger partial charge in [0.05, 0.1) is 33.8 Å². The number of phosphoric acid groups is 1. The first-order chi connectivity index (χ1) is 37.9. The van der Waals surface area contributed by atoms with Gasteiger partial charge in [0.15, 0.2) is 0 Å². The Hall–Kier alpha value is -2.03. The van der Waals surface area contributed by atoms with E-state index >= 15 is 0 Å². The maximum absolute atomic E-state index is 13.5. The Morgan fingerprint density at radius 3 is 1.19 bits per heavy atom. The van der Waals surface area contributed by atoms with Crippen LogP contribution in [0.1, 0.15) is 323 Å². The normalized spacial score (nSPS) is 13.9. The number of quaternary nitrogens is 1. The van der Waals surface area contributed by atoms with Crippen molar-refractivity contribution in [2.45, 2.75) is 335 Å². The number of hydrogen-bond donors (Lipinski definition) is 1. The molecule has 0 aromatic heterocycles. The third kappa shape index (κ3) is 58.6. The Morgan fingerprint density at radius 1 is 0.449 bits per heavy atom. The number of ether oxygens (including phenoxy) is 1. The summed E-state index contributed by atoms with van der Waals surface area (Å²) >= 11 is 0. The van der Waals surface area contributed by atoms with Gasteiger partial charge in [0, 0.05) is 12.8 Å². The molecular weight excluding hydrogens is 988 g/mol. The summed E-state index contributed by atoms with van der Waals surface area (Å²) in [6.45, 7) is 6.85. The lowest BCUT2D eigenvalue weighted by molar-refractivity contribution is -0.870. The Labute approximate surface area is 484 Å². The highest BCUT2D eigenvalue weighted by atomic mass is 31.2. The highest BCUT2D eigenvalue weighted by Crippen LogP contribution is 2.38. The molecule has 0 aromatic rings. The van der Waals surface area contributed by atoms with E-state index in [2.05, 4.69) is 62.5 Å². The second-order valence-electron chi connectivity index (χ2n) is 24.0. The van der Waals surface area contributed by atoms with E-state index in [0.717, 1.165) is 70.6 Å². The molecular formula is C68H129N2O7P. The molecule has 458 valence electrons. The number of nitrogens with one attached hydrogen (secondary N) is 1. The van der Waals surface area contributed by atoms with Crippen LogP contribution in [0.2, 0.25) is 0 Å². The van der Waals surface area contributed by atoms with Crippen LogP contribution in [-0.4, -0.2) is 69.4 Å². The van der Waals surface area contributed by atoms with Gasteiger partial charge in [0.25, 0.3) is 7.82 Å². The van der Waals surface area contributed by atoms with Crippen molar-refractivity contribution in [3.8, 4) is 0 Å². The maximum Gasteiger partial charge on any atom is 0.306 e. The van der Waals surface area contributed by atoms with Crippen LogP contribution in [0.15, 0.2) is 48.6 Å². The summed E-state index contributed by atoms with van der Waals surface area (Å²) in [5.41, 5.74) is 0. The number of esters is 1. The van der Waals surface area contributed by atoms with Crippen LogP contribution < -0.4 is 10.2 Å². The van der Waals surface area contributed by atoms with E-state index in [1.54, 1.807) is 0 Å². The first-order valence-corrected chi connectivity index (χ1v) is 34.9. The number of carbonyl (C=O) groups excluding carboxylic acids is 2. The summed E-state index contributed by atoms with van der Waals surface area (Å²) < 4.78 is 30.4. The number of rotatable bonds is 61. The lowest BCUT2D eigenvalue weighted by atomic mass is 10.0. The van der Waals surface area contributed by atoms with Crippen molar-refractivity contribution >= 4 is 19.7 Å². The van der Waals surface area contributed by atoms with Gasteiger partial charge < -0.3 is 28.5 Å². The molecule has 0 heterocycles. The van der Waals surface area contributed by atoms with Gasteiger partial charge in [-0.3, -0.25) is 14.2 Å². The molecule has 10 heteroatoms. The zero-order valence-electron chi connectivity index (χ0n) is 52.4. The van der Waals surface area contributed by atoms with E-state index in [9.17, 15) is 19.0 Å². The minimum atomic E-state index is -4.69. The minimum Gasteiger partial charge on any atom is -0.756 e. The Kier molecular flexibility index (Phi) is 56.7. The zero-order valence-corrected chi connectivity index (χ0v) is 53.3. The lowest BCUT2D eigenvalue weighted by Gasteiger charge is -2.30. The monoisotopic (exact) mass is 1120 g/mol. The molecule has 78 heavy (non-hydrogen) atoms. The quantitative estimate of drug-likeness (QED) is 0.0212. The molecule has 0 aliphatic heterocycles. The van der Waals surface area contributed by atoms with E-state index in [4.69, 9.17) is 13.8 Å². The van der Waals surface area contributed by atoms with E-state index in [0.29, 0.717) is 17.4 Å². The molecule has 3 unspecified atom stereocenters. The van der Waals surface area contributed by atoms with Crippen molar-refractivity contribution in [2.75, 3.05) is 40.9 Å². The van der Waals surface area contributed by atoms with E-state index in [1.807, 2.05) is 33.3 Å². The SMILES string of the molecule is CCCCC/C=C\C/C=C\C/C=C\CCCCCCCCCCCCCCCCC(=O)OC(/C=C\CCCCCCCCCCCC)C(COP(=O)([O-])OCC[N+](C)(C)C)NC(=O)CCCCCCCCCCCCCCC. The summed E-state index contributed by atoms with van der Waals surface area (Å²) in [6, 6.07) is -0.884. The van der Waals surface area contributed by atoms with Crippen molar-refractivity contribution in [1.82, 2.24) is 5.32 Å². The van der Waals surface area contributed by atoms with Crippen LogP contribution in [0, 0.1) is 0 Å². The summed E-state index contributed by atoms with van der Waals surface area (Å²) in [4.78, 5) is 40.0. The fourth-order valence-corrected chi connectivity index (χ4v) is 10.5. The summed E-state index contributed by atoms with van der Waals surface area (Å²) in [5, 5.41) is 3.03. The number of nitrogens with zero attached hydrogens (tertiary/aromatic N) is 1. The average molecular weight is 1120 g/mol.